The molecule has 0 unspecified atom stereocenters. The summed E-state index contributed by atoms with van der Waals surface area (Å²) in [6.45, 7) is 0.312. The Morgan fingerprint density at radius 1 is 1.05 bits per heavy atom. The molecule has 21 heavy (non-hydrogen) atoms. The van der Waals surface area contributed by atoms with Crippen LogP contribution in [0.3, 0.4) is 0 Å². The van der Waals surface area contributed by atoms with Crippen LogP contribution in [0.4, 0.5) is 0 Å². The van der Waals surface area contributed by atoms with Crippen molar-refractivity contribution in [2.75, 3.05) is 7.11 Å². The van der Waals surface area contributed by atoms with Crippen LogP contribution < -0.4 is 9.47 Å². The molecule has 0 fully saturated rings. The van der Waals surface area contributed by atoms with Gasteiger partial charge in [0.2, 0.25) is 0 Å². The van der Waals surface area contributed by atoms with Gasteiger partial charge in [-0.2, -0.15) is 5.10 Å². The van der Waals surface area contributed by atoms with E-state index in [1.165, 1.54) is 0 Å². The Kier molecular flexibility index (Phi) is 3.77. The Bertz CT molecular complexity index is 695. The highest BCUT2D eigenvalue weighted by molar-refractivity contribution is 5.47. The number of hydrogen-bond acceptors (Lipinski definition) is 5. The van der Waals surface area contributed by atoms with E-state index in [1.807, 2.05) is 42.5 Å². The summed E-state index contributed by atoms with van der Waals surface area (Å²) in [7, 11) is 1.63. The molecule has 6 nitrogen and oxygen atoms in total. The van der Waals surface area contributed by atoms with Gasteiger partial charge in [0, 0.05) is 6.20 Å². The third-order valence-electron chi connectivity index (χ3n) is 2.86. The highest BCUT2D eigenvalue weighted by Crippen LogP contribution is 2.18. The molecule has 3 rings (SSSR count). The first-order chi connectivity index (χ1) is 10.3. The first-order valence-electron chi connectivity index (χ1n) is 6.45. The average Bonchev–Trinajstić information content (AvgIpc) is 3.03. The number of H-pyrrole nitrogens is 1. The number of pyridine rings is 1. The monoisotopic (exact) mass is 282 g/mol. The molecule has 0 aliphatic rings. The molecule has 0 amide bonds. The van der Waals surface area contributed by atoms with Crippen molar-refractivity contribution in [1.29, 1.82) is 0 Å². The van der Waals surface area contributed by atoms with E-state index < -0.39 is 0 Å². The molecule has 0 saturated heterocycles. The van der Waals surface area contributed by atoms with E-state index in [2.05, 4.69) is 20.2 Å². The van der Waals surface area contributed by atoms with Crippen LogP contribution in [0, 0.1) is 0 Å². The molecule has 1 N–H and O–H groups in total. The largest absolute Gasteiger partial charge is 0.497 e. The fourth-order valence-corrected chi connectivity index (χ4v) is 1.79. The summed E-state index contributed by atoms with van der Waals surface area (Å²) < 4.78 is 10.7. The molecule has 0 saturated carbocycles. The summed E-state index contributed by atoms with van der Waals surface area (Å²) in [6, 6.07) is 13.0. The van der Waals surface area contributed by atoms with Crippen molar-refractivity contribution in [2.24, 2.45) is 0 Å². The van der Waals surface area contributed by atoms with Crippen molar-refractivity contribution < 1.29 is 9.47 Å². The molecular weight excluding hydrogens is 268 g/mol. The fourth-order valence-electron chi connectivity index (χ4n) is 1.79. The zero-order valence-electron chi connectivity index (χ0n) is 11.5. The lowest BCUT2D eigenvalue weighted by atomic mass is 10.3. The van der Waals surface area contributed by atoms with Crippen molar-refractivity contribution in [3.8, 4) is 23.0 Å². The lowest BCUT2D eigenvalue weighted by molar-refractivity contribution is 0.296. The molecule has 2 heterocycles. The van der Waals surface area contributed by atoms with Gasteiger partial charge in [0.1, 0.15) is 23.8 Å². The van der Waals surface area contributed by atoms with Crippen LogP contribution in [0.2, 0.25) is 0 Å². The minimum absolute atomic E-state index is 0.312. The zero-order valence-corrected chi connectivity index (χ0v) is 11.5. The van der Waals surface area contributed by atoms with E-state index in [1.54, 1.807) is 13.3 Å². The minimum Gasteiger partial charge on any atom is -0.497 e. The molecule has 0 bridgehead atoms. The molecule has 106 valence electrons. The predicted octanol–water partition coefficient (Wildman–Crippen LogP) is 2.45. The number of nitrogens with one attached hydrogen (secondary N) is 1. The van der Waals surface area contributed by atoms with Crippen LogP contribution in [0.15, 0.2) is 48.7 Å². The van der Waals surface area contributed by atoms with Gasteiger partial charge in [-0.05, 0) is 36.4 Å². The average molecular weight is 282 g/mol. The molecule has 0 atom stereocenters. The van der Waals surface area contributed by atoms with Crippen LogP contribution >= 0.6 is 0 Å². The molecule has 3 aromatic rings. The first-order valence-corrected chi connectivity index (χ1v) is 6.45. The summed E-state index contributed by atoms with van der Waals surface area (Å²) in [5, 5.41) is 6.97. The SMILES string of the molecule is COc1ccc(OCc2nc(-c3ccccn3)n[nH]2)cc1. The third kappa shape index (κ3) is 3.17. The number of nitrogens with zero attached hydrogens (tertiary/aromatic N) is 3. The maximum Gasteiger partial charge on any atom is 0.199 e. The minimum atomic E-state index is 0.312. The molecule has 1 aromatic carbocycles. The van der Waals surface area contributed by atoms with E-state index in [0.29, 0.717) is 18.3 Å². The highest BCUT2D eigenvalue weighted by atomic mass is 16.5. The lowest BCUT2D eigenvalue weighted by Gasteiger charge is -2.04. The Hall–Kier alpha value is -2.89. The van der Waals surface area contributed by atoms with Gasteiger partial charge in [-0.15, -0.1) is 0 Å². The highest BCUT2D eigenvalue weighted by Gasteiger charge is 2.07. The smallest absolute Gasteiger partial charge is 0.199 e. The summed E-state index contributed by atoms with van der Waals surface area (Å²) in [5.41, 5.74) is 0.726. The molecule has 6 heteroatoms. The second-order valence-electron chi connectivity index (χ2n) is 4.28. The predicted molar refractivity (Wildman–Crippen MR) is 76.9 cm³/mol. The van der Waals surface area contributed by atoms with Crippen LogP contribution in [-0.2, 0) is 6.61 Å². The van der Waals surface area contributed by atoms with Crippen LogP contribution in [0.5, 0.6) is 11.5 Å². The Labute approximate surface area is 121 Å². The van der Waals surface area contributed by atoms with Crippen molar-refractivity contribution in [1.82, 2.24) is 20.2 Å². The number of rotatable bonds is 5. The van der Waals surface area contributed by atoms with Gasteiger partial charge in [-0.1, -0.05) is 6.07 Å². The number of aromatic nitrogens is 4. The van der Waals surface area contributed by atoms with Crippen molar-refractivity contribution in [3.63, 3.8) is 0 Å². The van der Waals surface area contributed by atoms with E-state index in [-0.39, 0.29) is 0 Å². The van der Waals surface area contributed by atoms with Gasteiger partial charge < -0.3 is 9.47 Å². The number of hydrogen-bond donors (Lipinski definition) is 1. The topological polar surface area (TPSA) is 72.9 Å². The Balaban J connectivity index is 1.64. The van der Waals surface area contributed by atoms with E-state index in [9.17, 15) is 0 Å². The number of benzene rings is 1. The van der Waals surface area contributed by atoms with Crippen LogP contribution in [-0.4, -0.2) is 27.3 Å². The molecule has 2 aromatic heterocycles. The van der Waals surface area contributed by atoms with E-state index in [4.69, 9.17) is 9.47 Å². The second kappa shape index (κ2) is 6.04. The Morgan fingerprint density at radius 3 is 2.57 bits per heavy atom. The molecule has 0 spiro atoms. The van der Waals surface area contributed by atoms with Gasteiger partial charge in [-0.3, -0.25) is 10.1 Å². The summed E-state index contributed by atoms with van der Waals surface area (Å²) in [6.07, 6.45) is 1.71. The molecule has 0 aliphatic heterocycles. The van der Waals surface area contributed by atoms with Crippen LogP contribution in [0.1, 0.15) is 5.82 Å². The summed E-state index contributed by atoms with van der Waals surface area (Å²) in [4.78, 5) is 8.55. The van der Waals surface area contributed by atoms with Gasteiger partial charge in [0.25, 0.3) is 0 Å². The Morgan fingerprint density at radius 2 is 1.86 bits per heavy atom. The molecular formula is C15H14N4O2. The third-order valence-corrected chi connectivity index (χ3v) is 2.86. The number of methoxy groups -OCH3 is 1. The van der Waals surface area contributed by atoms with Gasteiger partial charge in [0.15, 0.2) is 11.6 Å². The van der Waals surface area contributed by atoms with E-state index in [0.717, 1.165) is 17.2 Å². The maximum atomic E-state index is 5.63. The van der Waals surface area contributed by atoms with Crippen molar-refractivity contribution in [3.05, 3.63) is 54.5 Å². The van der Waals surface area contributed by atoms with Crippen molar-refractivity contribution in [2.45, 2.75) is 6.61 Å². The maximum absolute atomic E-state index is 5.63. The molecule has 0 radical (unpaired) electrons. The summed E-state index contributed by atoms with van der Waals surface area (Å²) in [5.74, 6) is 2.74. The van der Waals surface area contributed by atoms with E-state index >= 15 is 0 Å². The number of aromatic amines is 1. The molecule has 0 aliphatic carbocycles. The normalized spacial score (nSPS) is 10.3. The first kappa shape index (κ1) is 13.1. The second-order valence-corrected chi connectivity index (χ2v) is 4.28. The standard InChI is InChI=1S/C15H14N4O2/c1-20-11-5-7-12(8-6-11)21-10-14-17-15(19-18-14)13-4-2-3-9-16-13/h2-9H,10H2,1H3,(H,17,18,19). The van der Waals surface area contributed by atoms with Gasteiger partial charge in [0.05, 0.1) is 7.11 Å². The van der Waals surface area contributed by atoms with Gasteiger partial charge >= 0.3 is 0 Å². The van der Waals surface area contributed by atoms with Gasteiger partial charge in [-0.25, -0.2) is 4.98 Å². The summed E-state index contributed by atoms with van der Waals surface area (Å²) >= 11 is 0. The van der Waals surface area contributed by atoms with Crippen molar-refractivity contribution >= 4 is 0 Å². The fraction of sp³-hybridized carbons (Fsp3) is 0.133. The number of ether oxygens (including phenoxy) is 2. The quantitative estimate of drug-likeness (QED) is 0.778. The zero-order chi connectivity index (χ0) is 14.5. The lowest BCUT2D eigenvalue weighted by Crippen LogP contribution is -1.97. The van der Waals surface area contributed by atoms with Crippen LogP contribution in [0.25, 0.3) is 11.5 Å².